The van der Waals surface area contributed by atoms with Crippen molar-refractivity contribution in [2.45, 2.75) is 76.9 Å². The Morgan fingerprint density at radius 3 is 2.29 bits per heavy atom. The number of rotatable bonds is 14. The molecule has 4 aliphatic heterocycles. The number of carbonyl (C=O) groups excluding carboxylic acids is 5. The molecule has 0 spiro atoms. The number of benzene rings is 2. The highest BCUT2D eigenvalue weighted by atomic mass is 16.5. The first kappa shape index (κ1) is 37.8. The number of imide groups is 2. The number of pyridine rings is 1. The molecule has 3 aromatic rings. The third kappa shape index (κ3) is 7.47. The number of hydrogen-bond acceptors (Lipinski definition) is 10. The zero-order valence-electron chi connectivity index (χ0n) is 31.6. The molecule has 0 bridgehead atoms. The molecule has 1 aromatic heterocycles. The Hall–Kier alpha value is -5.50. The van der Waals surface area contributed by atoms with Gasteiger partial charge in [0.2, 0.25) is 17.7 Å². The molecular formula is C41H47N5O9. The van der Waals surface area contributed by atoms with Crippen LogP contribution in [0.5, 0.6) is 17.2 Å². The Labute approximate surface area is 319 Å². The van der Waals surface area contributed by atoms with Crippen LogP contribution in [0.2, 0.25) is 0 Å². The molecule has 1 N–H and O–H groups in total. The number of methoxy groups -OCH3 is 2. The predicted molar refractivity (Wildman–Crippen MR) is 201 cm³/mol. The smallest absolute Gasteiger partial charge is 0.266 e. The highest BCUT2D eigenvalue weighted by Gasteiger charge is 2.46. The van der Waals surface area contributed by atoms with Crippen LogP contribution in [0.3, 0.4) is 0 Å². The van der Waals surface area contributed by atoms with E-state index in [1.807, 2.05) is 18.3 Å². The second-order valence-electron chi connectivity index (χ2n) is 14.6. The Morgan fingerprint density at radius 1 is 0.855 bits per heavy atom. The summed E-state index contributed by atoms with van der Waals surface area (Å²) in [6, 6.07) is 7.79. The van der Waals surface area contributed by atoms with Crippen LogP contribution in [0.25, 0.3) is 11.1 Å². The standard InChI is InChI=1S/C41H47N5O9/c1-43-22-28(25-20-33(53-2)30(34(21-25)54-3)23-44-16-9-17-44)26-15-18-45(24-29(26)39(43)50)36(48)12-6-4-5-7-19-55-32-11-8-10-27-37(32)41(52)46(40(27)51)31-13-14-35(47)42-38(31)49/h8,10-11,20-22,31H,4-7,9,12-19,23-24H2,1-3H3,(H,42,47,49). The van der Waals surface area contributed by atoms with Crippen molar-refractivity contribution in [1.82, 2.24) is 24.6 Å². The number of fused-ring (bicyclic) bond motifs is 2. The number of aromatic nitrogens is 1. The quantitative estimate of drug-likeness (QED) is 0.191. The monoisotopic (exact) mass is 753 g/mol. The maximum absolute atomic E-state index is 13.4. The lowest BCUT2D eigenvalue weighted by atomic mass is 9.91. The average molecular weight is 754 g/mol. The number of likely N-dealkylation sites (tertiary alicyclic amines) is 1. The lowest BCUT2D eigenvalue weighted by Crippen LogP contribution is -2.54. The number of aryl methyl sites for hydroxylation is 1. The van der Waals surface area contributed by atoms with Crippen molar-refractivity contribution < 1.29 is 38.2 Å². The van der Waals surface area contributed by atoms with Crippen molar-refractivity contribution in [2.75, 3.05) is 40.5 Å². The molecule has 55 heavy (non-hydrogen) atoms. The third-order valence-electron chi connectivity index (χ3n) is 11.1. The molecule has 5 amide bonds. The fourth-order valence-electron chi connectivity index (χ4n) is 8.00. The SMILES string of the molecule is COc1cc(-c2cn(C)c(=O)c3c2CCN(C(=O)CCCCCCOc2cccc4c2C(=O)N(C2CCC(=O)NC2=O)C4=O)C3)cc(OC)c1CN1CCC1. The first-order valence-corrected chi connectivity index (χ1v) is 19.0. The van der Waals surface area contributed by atoms with Crippen LogP contribution in [-0.2, 0) is 40.9 Å². The number of amides is 5. The molecular weight excluding hydrogens is 706 g/mol. The summed E-state index contributed by atoms with van der Waals surface area (Å²) in [6.07, 6.45) is 7.03. The summed E-state index contributed by atoms with van der Waals surface area (Å²) in [5, 5.41) is 2.20. The van der Waals surface area contributed by atoms with Gasteiger partial charge in [0.05, 0.1) is 44.1 Å². The van der Waals surface area contributed by atoms with Gasteiger partial charge in [-0.25, -0.2) is 0 Å². The summed E-state index contributed by atoms with van der Waals surface area (Å²) < 4.78 is 19.2. The molecule has 0 radical (unpaired) electrons. The van der Waals surface area contributed by atoms with Gasteiger partial charge in [-0.3, -0.25) is 43.9 Å². The summed E-state index contributed by atoms with van der Waals surface area (Å²) in [4.78, 5) is 82.2. The molecule has 290 valence electrons. The van der Waals surface area contributed by atoms with Crippen molar-refractivity contribution >= 4 is 29.5 Å². The van der Waals surface area contributed by atoms with Gasteiger partial charge in [0.25, 0.3) is 17.4 Å². The third-order valence-corrected chi connectivity index (χ3v) is 11.1. The topological polar surface area (TPSA) is 157 Å². The highest BCUT2D eigenvalue weighted by molar-refractivity contribution is 6.24. The highest BCUT2D eigenvalue weighted by Crippen LogP contribution is 2.39. The Balaban J connectivity index is 0.917. The summed E-state index contributed by atoms with van der Waals surface area (Å²) in [5.74, 6) is -0.491. The molecule has 1 unspecified atom stereocenters. The van der Waals surface area contributed by atoms with E-state index in [2.05, 4.69) is 10.2 Å². The lowest BCUT2D eigenvalue weighted by molar-refractivity contribution is -0.136. The molecule has 14 nitrogen and oxygen atoms in total. The van der Waals surface area contributed by atoms with E-state index in [4.69, 9.17) is 14.2 Å². The van der Waals surface area contributed by atoms with Crippen LogP contribution in [0, 0.1) is 0 Å². The molecule has 2 aromatic carbocycles. The second-order valence-corrected chi connectivity index (χ2v) is 14.6. The van der Waals surface area contributed by atoms with E-state index in [9.17, 15) is 28.8 Å². The summed E-state index contributed by atoms with van der Waals surface area (Å²) in [5.41, 5.74) is 4.62. The number of nitrogens with zero attached hydrogens (tertiary/aromatic N) is 4. The van der Waals surface area contributed by atoms with Gasteiger partial charge in [-0.15, -0.1) is 0 Å². The first-order chi connectivity index (χ1) is 26.6. The van der Waals surface area contributed by atoms with Crippen molar-refractivity contribution in [3.63, 3.8) is 0 Å². The van der Waals surface area contributed by atoms with E-state index in [0.717, 1.165) is 71.1 Å². The minimum absolute atomic E-state index is 0.0108. The molecule has 4 aliphatic rings. The minimum Gasteiger partial charge on any atom is -0.496 e. The van der Waals surface area contributed by atoms with Crippen molar-refractivity contribution in [1.29, 1.82) is 0 Å². The van der Waals surface area contributed by atoms with Gasteiger partial charge < -0.3 is 23.7 Å². The van der Waals surface area contributed by atoms with Gasteiger partial charge in [-0.05, 0) is 80.6 Å². The van der Waals surface area contributed by atoms with Crippen LogP contribution in [0.1, 0.15) is 88.8 Å². The zero-order valence-corrected chi connectivity index (χ0v) is 31.6. The maximum atomic E-state index is 13.4. The molecule has 1 atom stereocenters. The Morgan fingerprint density at radius 2 is 1.60 bits per heavy atom. The van der Waals surface area contributed by atoms with Crippen molar-refractivity contribution in [3.05, 3.63) is 74.7 Å². The van der Waals surface area contributed by atoms with Gasteiger partial charge >= 0.3 is 0 Å². The predicted octanol–water partition coefficient (Wildman–Crippen LogP) is 3.59. The molecule has 7 rings (SSSR count). The number of unbranched alkanes of at least 4 members (excludes halogenated alkanes) is 3. The van der Waals surface area contributed by atoms with Crippen LogP contribution < -0.4 is 25.1 Å². The number of hydrogen-bond donors (Lipinski definition) is 1. The number of piperidine rings is 1. The average Bonchev–Trinajstić information content (AvgIpc) is 3.42. The summed E-state index contributed by atoms with van der Waals surface area (Å²) in [6.45, 7) is 3.93. The molecule has 5 heterocycles. The lowest BCUT2D eigenvalue weighted by Gasteiger charge is -2.32. The number of ether oxygens (including phenoxy) is 3. The molecule has 0 saturated carbocycles. The molecule has 14 heteroatoms. The van der Waals surface area contributed by atoms with Gasteiger partial charge in [-0.2, -0.15) is 0 Å². The van der Waals surface area contributed by atoms with Gasteiger partial charge in [0, 0.05) is 50.3 Å². The van der Waals surface area contributed by atoms with Gasteiger partial charge in [0.1, 0.15) is 23.3 Å². The van der Waals surface area contributed by atoms with Crippen molar-refractivity contribution in [2.24, 2.45) is 7.05 Å². The van der Waals surface area contributed by atoms with Crippen molar-refractivity contribution in [3.8, 4) is 28.4 Å². The number of nitrogens with one attached hydrogen (secondary N) is 1. The largest absolute Gasteiger partial charge is 0.496 e. The zero-order chi connectivity index (χ0) is 38.8. The van der Waals surface area contributed by atoms with Crippen LogP contribution in [-0.4, -0.2) is 95.3 Å². The van der Waals surface area contributed by atoms with Crippen LogP contribution >= 0.6 is 0 Å². The van der Waals surface area contributed by atoms with E-state index in [0.29, 0.717) is 44.4 Å². The van der Waals surface area contributed by atoms with Gasteiger partial charge in [-0.1, -0.05) is 18.9 Å². The summed E-state index contributed by atoms with van der Waals surface area (Å²) >= 11 is 0. The minimum atomic E-state index is -1.04. The first-order valence-electron chi connectivity index (χ1n) is 19.0. The molecule has 0 aliphatic carbocycles. The van der Waals surface area contributed by atoms with E-state index in [1.165, 1.54) is 12.5 Å². The van der Waals surface area contributed by atoms with E-state index >= 15 is 0 Å². The molecule has 2 fully saturated rings. The van der Waals surface area contributed by atoms with E-state index in [-0.39, 0.29) is 47.7 Å². The summed E-state index contributed by atoms with van der Waals surface area (Å²) in [7, 11) is 5.06. The normalized spacial score (nSPS) is 18.1. The molecule has 2 saturated heterocycles. The Bertz CT molecular complexity index is 2080. The maximum Gasteiger partial charge on any atom is 0.266 e. The van der Waals surface area contributed by atoms with E-state index in [1.54, 1.807) is 42.9 Å². The fraction of sp³-hybridized carbons (Fsp3) is 0.463. The van der Waals surface area contributed by atoms with Gasteiger partial charge in [0.15, 0.2) is 0 Å². The Kier molecular flexibility index (Phi) is 11.0. The van der Waals surface area contributed by atoms with E-state index < -0.39 is 29.7 Å². The van der Waals surface area contributed by atoms with Crippen LogP contribution in [0.4, 0.5) is 0 Å². The fourth-order valence-corrected chi connectivity index (χ4v) is 8.00. The number of carbonyl (C=O) groups is 5. The van der Waals surface area contributed by atoms with Crippen LogP contribution in [0.15, 0.2) is 41.3 Å². The second kappa shape index (κ2) is 16.1.